The Morgan fingerprint density at radius 2 is 1.76 bits per heavy atom. The first-order chi connectivity index (χ1) is 9.84. The van der Waals surface area contributed by atoms with Crippen molar-refractivity contribution in [2.24, 2.45) is 0 Å². The second-order valence-electron chi connectivity index (χ2n) is 4.44. The van der Waals surface area contributed by atoms with Crippen LogP contribution in [0.15, 0.2) is 47.4 Å². The van der Waals surface area contributed by atoms with E-state index in [0.717, 1.165) is 6.26 Å². The number of ketones is 1. The van der Waals surface area contributed by atoms with Crippen molar-refractivity contribution in [3.8, 4) is 5.75 Å². The Labute approximate surface area is 128 Å². The van der Waals surface area contributed by atoms with Crippen LogP contribution in [0.2, 0.25) is 5.02 Å². The van der Waals surface area contributed by atoms with Crippen molar-refractivity contribution in [2.75, 3.05) is 13.4 Å². The fraction of sp³-hybridized carbons (Fsp3) is 0.133. The van der Waals surface area contributed by atoms with Gasteiger partial charge in [-0.1, -0.05) is 23.7 Å². The summed E-state index contributed by atoms with van der Waals surface area (Å²) in [5.41, 5.74) is 0.600. The molecule has 0 amide bonds. The van der Waals surface area contributed by atoms with E-state index in [2.05, 4.69) is 0 Å². The highest BCUT2D eigenvalue weighted by atomic mass is 35.5. The molecule has 0 saturated carbocycles. The SMILES string of the molecule is COc1ccccc1C(=O)c1ccc(S(C)(=O)=O)cc1Cl. The molecule has 0 bridgehead atoms. The van der Waals surface area contributed by atoms with Crippen molar-refractivity contribution in [2.45, 2.75) is 4.90 Å². The number of sulfone groups is 1. The minimum atomic E-state index is -3.37. The minimum Gasteiger partial charge on any atom is -0.496 e. The lowest BCUT2D eigenvalue weighted by molar-refractivity contribution is 0.103. The Morgan fingerprint density at radius 1 is 1.10 bits per heavy atom. The van der Waals surface area contributed by atoms with Gasteiger partial charge in [0.25, 0.3) is 0 Å². The lowest BCUT2D eigenvalue weighted by atomic mass is 10.0. The maximum Gasteiger partial charge on any atom is 0.198 e. The summed E-state index contributed by atoms with van der Waals surface area (Å²) in [6.45, 7) is 0. The zero-order valence-corrected chi connectivity index (χ0v) is 13.0. The summed E-state index contributed by atoms with van der Waals surface area (Å²) in [6, 6.07) is 10.8. The molecule has 0 atom stereocenters. The predicted octanol–water partition coefficient (Wildman–Crippen LogP) is 2.98. The minimum absolute atomic E-state index is 0.0732. The number of halogens is 1. The molecule has 0 aromatic heterocycles. The fourth-order valence-electron chi connectivity index (χ4n) is 1.89. The number of hydrogen-bond donors (Lipinski definition) is 0. The summed E-state index contributed by atoms with van der Waals surface area (Å²) >= 11 is 6.05. The first-order valence-corrected chi connectivity index (χ1v) is 8.29. The largest absolute Gasteiger partial charge is 0.496 e. The van der Waals surface area contributed by atoms with E-state index in [1.165, 1.54) is 25.3 Å². The number of hydrogen-bond acceptors (Lipinski definition) is 4. The second-order valence-corrected chi connectivity index (χ2v) is 6.87. The summed E-state index contributed by atoms with van der Waals surface area (Å²) < 4.78 is 28.1. The molecule has 21 heavy (non-hydrogen) atoms. The van der Waals surface area contributed by atoms with Crippen molar-refractivity contribution < 1.29 is 17.9 Å². The molecular formula is C15H13ClO4S. The van der Waals surface area contributed by atoms with Crippen LogP contribution in [0.5, 0.6) is 5.75 Å². The zero-order chi connectivity index (χ0) is 15.6. The molecule has 0 radical (unpaired) electrons. The van der Waals surface area contributed by atoms with Crippen molar-refractivity contribution in [3.05, 3.63) is 58.6 Å². The molecule has 4 nitrogen and oxygen atoms in total. The van der Waals surface area contributed by atoms with Gasteiger partial charge in [0.05, 0.1) is 22.6 Å². The van der Waals surface area contributed by atoms with E-state index >= 15 is 0 Å². The van der Waals surface area contributed by atoms with Gasteiger partial charge in [-0.05, 0) is 30.3 Å². The highest BCUT2D eigenvalue weighted by Crippen LogP contribution is 2.27. The maximum absolute atomic E-state index is 12.5. The van der Waals surface area contributed by atoms with Gasteiger partial charge in [0.2, 0.25) is 0 Å². The summed E-state index contributed by atoms with van der Waals surface area (Å²) in [7, 11) is -1.89. The van der Waals surface area contributed by atoms with Gasteiger partial charge in [-0.3, -0.25) is 4.79 Å². The van der Waals surface area contributed by atoms with Gasteiger partial charge in [0.15, 0.2) is 15.6 Å². The summed E-state index contributed by atoms with van der Waals surface area (Å²) in [5, 5.41) is 0.0915. The van der Waals surface area contributed by atoms with Crippen LogP contribution in [0.1, 0.15) is 15.9 Å². The normalized spacial score (nSPS) is 11.2. The molecule has 0 fully saturated rings. The number of para-hydroxylation sites is 1. The molecule has 2 rings (SSSR count). The molecule has 0 spiro atoms. The van der Waals surface area contributed by atoms with E-state index in [-0.39, 0.29) is 21.3 Å². The average molecular weight is 325 g/mol. The first kappa shape index (κ1) is 15.5. The first-order valence-electron chi connectivity index (χ1n) is 6.02. The van der Waals surface area contributed by atoms with E-state index in [0.29, 0.717) is 11.3 Å². The highest BCUT2D eigenvalue weighted by Gasteiger charge is 2.18. The molecule has 0 saturated heterocycles. The standard InChI is InChI=1S/C15H13ClO4S/c1-20-14-6-4-3-5-12(14)15(17)11-8-7-10(9-13(11)16)21(2,18)19/h3-9H,1-2H3. The van der Waals surface area contributed by atoms with Crippen molar-refractivity contribution >= 4 is 27.2 Å². The third-order valence-corrected chi connectivity index (χ3v) is 4.39. The lowest BCUT2D eigenvalue weighted by Crippen LogP contribution is -2.06. The summed E-state index contributed by atoms with van der Waals surface area (Å²) in [4.78, 5) is 12.6. The number of methoxy groups -OCH3 is 1. The number of carbonyl (C=O) groups is 1. The lowest BCUT2D eigenvalue weighted by Gasteiger charge is -2.09. The van der Waals surface area contributed by atoms with Gasteiger partial charge in [0, 0.05) is 11.8 Å². The van der Waals surface area contributed by atoms with Crippen molar-refractivity contribution in [1.82, 2.24) is 0 Å². The van der Waals surface area contributed by atoms with Crippen LogP contribution in [0.3, 0.4) is 0 Å². The van der Waals surface area contributed by atoms with Gasteiger partial charge in [-0.25, -0.2) is 8.42 Å². The summed E-state index contributed by atoms with van der Waals surface area (Å²) in [5.74, 6) is 0.114. The molecular weight excluding hydrogens is 312 g/mol. The highest BCUT2D eigenvalue weighted by molar-refractivity contribution is 7.90. The number of carbonyl (C=O) groups excluding carboxylic acids is 1. The fourth-order valence-corrected chi connectivity index (χ4v) is 2.87. The van der Waals surface area contributed by atoms with Gasteiger partial charge < -0.3 is 4.74 Å². The van der Waals surface area contributed by atoms with Crippen molar-refractivity contribution in [3.63, 3.8) is 0 Å². The Hall–Kier alpha value is -1.85. The zero-order valence-electron chi connectivity index (χ0n) is 11.5. The third kappa shape index (κ3) is 3.25. The number of ether oxygens (including phenoxy) is 1. The van der Waals surface area contributed by atoms with Crippen molar-refractivity contribution in [1.29, 1.82) is 0 Å². The Bertz CT molecular complexity index is 797. The van der Waals surface area contributed by atoms with Crippen LogP contribution in [0.25, 0.3) is 0 Å². The van der Waals surface area contributed by atoms with E-state index in [9.17, 15) is 13.2 Å². The average Bonchev–Trinajstić information content (AvgIpc) is 2.45. The van der Waals surface area contributed by atoms with Crippen LogP contribution in [0, 0.1) is 0 Å². The third-order valence-electron chi connectivity index (χ3n) is 2.96. The molecule has 0 heterocycles. The van der Waals surface area contributed by atoms with E-state index < -0.39 is 9.84 Å². The van der Waals surface area contributed by atoms with Gasteiger partial charge in [-0.15, -0.1) is 0 Å². The molecule has 0 N–H and O–H groups in total. The van der Waals surface area contributed by atoms with Crippen LogP contribution >= 0.6 is 11.6 Å². The molecule has 0 unspecified atom stereocenters. The van der Waals surface area contributed by atoms with Crippen LogP contribution in [0.4, 0.5) is 0 Å². The van der Waals surface area contributed by atoms with Gasteiger partial charge in [0.1, 0.15) is 5.75 Å². The molecule has 6 heteroatoms. The molecule has 2 aromatic carbocycles. The quantitative estimate of drug-likeness (QED) is 0.811. The molecule has 0 aliphatic heterocycles. The number of benzene rings is 2. The van der Waals surface area contributed by atoms with E-state index in [1.54, 1.807) is 24.3 Å². The maximum atomic E-state index is 12.5. The Kier molecular flexibility index (Phi) is 4.34. The smallest absolute Gasteiger partial charge is 0.198 e. The van der Waals surface area contributed by atoms with E-state index in [4.69, 9.17) is 16.3 Å². The van der Waals surface area contributed by atoms with E-state index in [1.807, 2.05) is 0 Å². The molecule has 0 aliphatic rings. The monoisotopic (exact) mass is 324 g/mol. The van der Waals surface area contributed by atoms with Crippen LogP contribution in [-0.4, -0.2) is 27.6 Å². The van der Waals surface area contributed by atoms with Gasteiger partial charge >= 0.3 is 0 Å². The van der Waals surface area contributed by atoms with Crippen LogP contribution < -0.4 is 4.74 Å². The molecule has 2 aromatic rings. The Morgan fingerprint density at radius 3 is 2.33 bits per heavy atom. The number of rotatable bonds is 4. The van der Waals surface area contributed by atoms with Gasteiger partial charge in [-0.2, -0.15) is 0 Å². The predicted molar refractivity (Wildman–Crippen MR) is 81.0 cm³/mol. The topological polar surface area (TPSA) is 60.4 Å². The summed E-state index contributed by atoms with van der Waals surface area (Å²) in [6.07, 6.45) is 1.08. The molecule has 110 valence electrons. The van der Waals surface area contributed by atoms with Crippen LogP contribution in [-0.2, 0) is 9.84 Å². The Balaban J connectivity index is 2.50. The second kappa shape index (κ2) is 5.87. The molecule has 0 aliphatic carbocycles.